The zero-order valence-electron chi connectivity index (χ0n) is 18.5. The summed E-state index contributed by atoms with van der Waals surface area (Å²) in [5, 5.41) is 12.3. The minimum absolute atomic E-state index is 0.00417. The number of pyridine rings is 1. The molecule has 4 aromatic rings. The Labute approximate surface area is 195 Å². The van der Waals surface area contributed by atoms with E-state index in [-0.39, 0.29) is 17.0 Å². The van der Waals surface area contributed by atoms with Gasteiger partial charge in [-0.2, -0.15) is 10.2 Å². The Morgan fingerprint density at radius 2 is 1.82 bits per heavy atom. The van der Waals surface area contributed by atoms with E-state index in [1.807, 2.05) is 25.1 Å². The van der Waals surface area contributed by atoms with E-state index in [2.05, 4.69) is 10.3 Å². The van der Waals surface area contributed by atoms with E-state index >= 15 is 0 Å². The van der Waals surface area contributed by atoms with Crippen LogP contribution >= 0.6 is 0 Å². The van der Waals surface area contributed by atoms with E-state index in [9.17, 15) is 14.9 Å². The van der Waals surface area contributed by atoms with Crippen molar-refractivity contribution in [3.8, 4) is 23.4 Å². The van der Waals surface area contributed by atoms with Gasteiger partial charge in [-0.1, -0.05) is 24.3 Å². The molecule has 4 rings (SSSR count). The van der Waals surface area contributed by atoms with E-state index in [4.69, 9.17) is 9.47 Å². The number of carbonyl (C=O) groups excluding carboxylic acids is 1. The standard InChI is InChI=1S/C26H20N4O4/c1-17-7-3-4-8-22(17)34-25-21(26(32)30-14-6-5-9-23(30)29-25)15-18(16-27)24(31)28-19-10-12-20(33-2)13-11-19/h3-15H,1-2H3,(H,28,31)/b18-15+. The second kappa shape index (κ2) is 9.71. The van der Waals surface area contributed by atoms with Gasteiger partial charge >= 0.3 is 0 Å². The largest absolute Gasteiger partial charge is 0.497 e. The third-order valence-corrected chi connectivity index (χ3v) is 5.04. The van der Waals surface area contributed by atoms with Crippen molar-refractivity contribution >= 4 is 23.3 Å². The number of hydrogen-bond donors (Lipinski definition) is 1. The molecule has 2 heterocycles. The molecular weight excluding hydrogens is 432 g/mol. The first kappa shape index (κ1) is 22.3. The number of hydrogen-bond acceptors (Lipinski definition) is 6. The molecule has 2 aromatic heterocycles. The first-order chi connectivity index (χ1) is 16.5. The Bertz CT molecular complexity index is 1500. The number of para-hydroxylation sites is 1. The molecule has 0 aliphatic heterocycles. The molecule has 2 aromatic carbocycles. The van der Waals surface area contributed by atoms with Crippen molar-refractivity contribution in [3.05, 3.63) is 100.0 Å². The normalized spacial score (nSPS) is 11.0. The fourth-order valence-electron chi connectivity index (χ4n) is 3.22. The molecule has 0 radical (unpaired) electrons. The van der Waals surface area contributed by atoms with Crippen LogP contribution in [0.2, 0.25) is 0 Å². The van der Waals surface area contributed by atoms with Crippen molar-refractivity contribution in [2.75, 3.05) is 12.4 Å². The smallest absolute Gasteiger partial charge is 0.269 e. The number of carbonyl (C=O) groups is 1. The van der Waals surface area contributed by atoms with E-state index < -0.39 is 11.5 Å². The van der Waals surface area contributed by atoms with Gasteiger partial charge in [0.1, 0.15) is 34.4 Å². The van der Waals surface area contributed by atoms with Gasteiger partial charge in [-0.05, 0) is 61.0 Å². The van der Waals surface area contributed by atoms with Gasteiger partial charge in [0.25, 0.3) is 11.5 Å². The molecule has 8 heteroatoms. The van der Waals surface area contributed by atoms with Gasteiger partial charge in [0.15, 0.2) is 0 Å². The predicted molar refractivity (Wildman–Crippen MR) is 128 cm³/mol. The minimum Gasteiger partial charge on any atom is -0.497 e. The van der Waals surface area contributed by atoms with E-state index in [0.717, 1.165) is 5.56 Å². The molecule has 0 bridgehead atoms. The van der Waals surface area contributed by atoms with E-state index in [0.29, 0.717) is 22.8 Å². The second-order valence-electron chi connectivity index (χ2n) is 7.28. The van der Waals surface area contributed by atoms with Gasteiger partial charge in [-0.15, -0.1) is 0 Å². The van der Waals surface area contributed by atoms with Gasteiger partial charge in [-0.25, -0.2) is 0 Å². The van der Waals surface area contributed by atoms with Gasteiger partial charge in [0, 0.05) is 11.9 Å². The molecule has 0 atom stereocenters. The maximum Gasteiger partial charge on any atom is 0.269 e. The molecular formula is C26H20N4O4. The van der Waals surface area contributed by atoms with Crippen LogP contribution in [0.1, 0.15) is 11.1 Å². The van der Waals surface area contributed by atoms with Crippen LogP contribution in [0.4, 0.5) is 5.69 Å². The molecule has 0 saturated heterocycles. The Balaban J connectivity index is 1.78. The lowest BCUT2D eigenvalue weighted by atomic mass is 10.1. The van der Waals surface area contributed by atoms with Gasteiger partial charge in [-0.3, -0.25) is 14.0 Å². The van der Waals surface area contributed by atoms with E-state index in [1.165, 1.54) is 17.6 Å². The number of methoxy groups -OCH3 is 1. The predicted octanol–water partition coefficient (Wildman–Crippen LogP) is 4.35. The summed E-state index contributed by atoms with van der Waals surface area (Å²) in [7, 11) is 1.54. The van der Waals surface area contributed by atoms with Gasteiger partial charge in [0.2, 0.25) is 5.88 Å². The van der Waals surface area contributed by atoms with Crippen LogP contribution in [0.15, 0.2) is 83.3 Å². The van der Waals surface area contributed by atoms with Crippen molar-refractivity contribution in [2.24, 2.45) is 0 Å². The fourth-order valence-corrected chi connectivity index (χ4v) is 3.22. The maximum atomic E-state index is 13.3. The van der Waals surface area contributed by atoms with Crippen LogP contribution in [-0.2, 0) is 4.79 Å². The van der Waals surface area contributed by atoms with Crippen molar-refractivity contribution in [1.82, 2.24) is 9.38 Å². The SMILES string of the molecule is COc1ccc(NC(=O)/C(C#N)=C/c2c(Oc3ccccc3C)nc3ccccn3c2=O)cc1. The van der Waals surface area contributed by atoms with Crippen molar-refractivity contribution in [2.45, 2.75) is 6.92 Å². The number of aryl methyl sites for hydroxylation is 1. The lowest BCUT2D eigenvalue weighted by molar-refractivity contribution is -0.112. The number of nitrogens with one attached hydrogen (secondary N) is 1. The van der Waals surface area contributed by atoms with Crippen LogP contribution in [0.25, 0.3) is 11.7 Å². The zero-order valence-corrected chi connectivity index (χ0v) is 18.5. The van der Waals surface area contributed by atoms with Crippen LogP contribution in [0.3, 0.4) is 0 Å². The Hall–Kier alpha value is -4.90. The number of nitriles is 1. The Morgan fingerprint density at radius 3 is 2.53 bits per heavy atom. The molecule has 34 heavy (non-hydrogen) atoms. The third-order valence-electron chi connectivity index (χ3n) is 5.04. The number of rotatable bonds is 6. The average molecular weight is 452 g/mol. The highest BCUT2D eigenvalue weighted by atomic mass is 16.5. The molecule has 0 saturated carbocycles. The zero-order chi connectivity index (χ0) is 24.1. The summed E-state index contributed by atoms with van der Waals surface area (Å²) in [6.07, 6.45) is 2.75. The summed E-state index contributed by atoms with van der Waals surface area (Å²) >= 11 is 0. The van der Waals surface area contributed by atoms with Crippen LogP contribution in [0, 0.1) is 18.3 Å². The summed E-state index contributed by atoms with van der Waals surface area (Å²) in [5.41, 5.74) is 0.907. The summed E-state index contributed by atoms with van der Waals surface area (Å²) in [5.74, 6) is 0.454. The van der Waals surface area contributed by atoms with Crippen molar-refractivity contribution in [3.63, 3.8) is 0 Å². The first-order valence-electron chi connectivity index (χ1n) is 10.3. The number of benzene rings is 2. The van der Waals surface area contributed by atoms with Gasteiger partial charge < -0.3 is 14.8 Å². The van der Waals surface area contributed by atoms with Gasteiger partial charge in [0.05, 0.1) is 7.11 Å². The molecule has 0 unspecified atom stereocenters. The highest BCUT2D eigenvalue weighted by molar-refractivity contribution is 6.09. The molecule has 0 fully saturated rings. The maximum absolute atomic E-state index is 13.3. The second-order valence-corrected chi connectivity index (χ2v) is 7.28. The highest BCUT2D eigenvalue weighted by Gasteiger charge is 2.18. The quantitative estimate of drug-likeness (QED) is 0.344. The first-order valence-corrected chi connectivity index (χ1v) is 10.3. The Kier molecular flexibility index (Phi) is 6.37. The number of ether oxygens (including phenoxy) is 2. The fraction of sp³-hybridized carbons (Fsp3) is 0.0769. The molecule has 1 amide bonds. The monoisotopic (exact) mass is 452 g/mol. The van der Waals surface area contributed by atoms with Crippen molar-refractivity contribution < 1.29 is 14.3 Å². The lowest BCUT2D eigenvalue weighted by Gasteiger charge is -2.12. The van der Waals surface area contributed by atoms with Crippen LogP contribution in [-0.4, -0.2) is 22.4 Å². The molecule has 8 nitrogen and oxygen atoms in total. The summed E-state index contributed by atoms with van der Waals surface area (Å²) in [6.45, 7) is 1.86. The minimum atomic E-state index is -0.674. The summed E-state index contributed by atoms with van der Waals surface area (Å²) in [6, 6.07) is 20.9. The summed E-state index contributed by atoms with van der Waals surface area (Å²) in [4.78, 5) is 30.5. The van der Waals surface area contributed by atoms with Crippen molar-refractivity contribution in [1.29, 1.82) is 5.26 Å². The highest BCUT2D eigenvalue weighted by Crippen LogP contribution is 2.26. The number of aromatic nitrogens is 2. The van der Waals surface area contributed by atoms with Crippen LogP contribution < -0.4 is 20.3 Å². The molecule has 0 aliphatic carbocycles. The molecule has 0 aliphatic rings. The number of amides is 1. The molecule has 168 valence electrons. The molecule has 1 N–H and O–H groups in total. The average Bonchev–Trinajstić information content (AvgIpc) is 2.86. The molecule has 0 spiro atoms. The third kappa shape index (κ3) is 4.64. The summed E-state index contributed by atoms with van der Waals surface area (Å²) < 4.78 is 12.4. The number of nitrogens with zero attached hydrogens (tertiary/aromatic N) is 3. The van der Waals surface area contributed by atoms with Crippen LogP contribution in [0.5, 0.6) is 17.4 Å². The Morgan fingerprint density at radius 1 is 1.09 bits per heavy atom. The number of fused-ring (bicyclic) bond motifs is 1. The topological polar surface area (TPSA) is 106 Å². The lowest BCUT2D eigenvalue weighted by Crippen LogP contribution is -2.20. The van der Waals surface area contributed by atoms with E-state index in [1.54, 1.807) is 60.8 Å². The number of anilines is 1.